The van der Waals surface area contributed by atoms with E-state index in [0.717, 1.165) is 36.1 Å². The van der Waals surface area contributed by atoms with Crippen LogP contribution in [-0.2, 0) is 16.1 Å². The molecule has 0 aliphatic carbocycles. The Balaban J connectivity index is 1.29. The van der Waals surface area contributed by atoms with Gasteiger partial charge in [-0.1, -0.05) is 30.3 Å². The SMILES string of the molecule is Cc1nccn1-c1cc(N2CCN(C(=O)COCc3ccccc3)CC2)ncn1. The molecule has 4 rings (SSSR count). The van der Waals surface area contributed by atoms with Gasteiger partial charge in [-0.25, -0.2) is 15.0 Å². The summed E-state index contributed by atoms with van der Waals surface area (Å²) in [4.78, 5) is 29.4. The van der Waals surface area contributed by atoms with Crippen molar-refractivity contribution in [3.8, 4) is 5.82 Å². The minimum atomic E-state index is 0.0259. The molecule has 1 aliphatic heterocycles. The molecule has 1 aromatic carbocycles. The molecule has 0 N–H and O–H groups in total. The third-order valence-electron chi connectivity index (χ3n) is 5.00. The Hall–Kier alpha value is -3.26. The van der Waals surface area contributed by atoms with Crippen molar-refractivity contribution in [2.45, 2.75) is 13.5 Å². The topological polar surface area (TPSA) is 76.4 Å². The van der Waals surface area contributed by atoms with Gasteiger partial charge in [-0.2, -0.15) is 0 Å². The Morgan fingerprint density at radius 3 is 2.52 bits per heavy atom. The van der Waals surface area contributed by atoms with Gasteiger partial charge < -0.3 is 14.5 Å². The van der Waals surface area contributed by atoms with Gasteiger partial charge in [-0.3, -0.25) is 9.36 Å². The van der Waals surface area contributed by atoms with Crippen LogP contribution in [0.15, 0.2) is 55.1 Å². The van der Waals surface area contributed by atoms with Crippen LogP contribution in [0.25, 0.3) is 5.82 Å². The Labute approximate surface area is 169 Å². The highest BCUT2D eigenvalue weighted by molar-refractivity contribution is 5.77. The van der Waals surface area contributed by atoms with E-state index in [4.69, 9.17) is 4.74 Å². The van der Waals surface area contributed by atoms with Crippen molar-refractivity contribution < 1.29 is 9.53 Å². The normalized spacial score (nSPS) is 14.2. The van der Waals surface area contributed by atoms with E-state index >= 15 is 0 Å². The van der Waals surface area contributed by atoms with Gasteiger partial charge in [0, 0.05) is 44.6 Å². The van der Waals surface area contributed by atoms with Crippen LogP contribution >= 0.6 is 0 Å². The molecule has 0 radical (unpaired) electrons. The lowest BCUT2D eigenvalue weighted by Crippen LogP contribution is -2.50. The van der Waals surface area contributed by atoms with Crippen LogP contribution in [0, 0.1) is 6.92 Å². The third-order valence-corrected chi connectivity index (χ3v) is 5.00. The summed E-state index contributed by atoms with van der Waals surface area (Å²) in [7, 11) is 0. The lowest BCUT2D eigenvalue weighted by molar-refractivity contribution is -0.136. The van der Waals surface area contributed by atoms with Gasteiger partial charge in [-0.05, 0) is 12.5 Å². The van der Waals surface area contributed by atoms with Crippen LogP contribution in [0.3, 0.4) is 0 Å². The van der Waals surface area contributed by atoms with E-state index in [9.17, 15) is 4.79 Å². The summed E-state index contributed by atoms with van der Waals surface area (Å²) in [6.07, 6.45) is 5.20. The molecule has 1 aliphatic rings. The Kier molecular flexibility index (Phi) is 5.81. The van der Waals surface area contributed by atoms with Crippen molar-refractivity contribution in [3.63, 3.8) is 0 Å². The number of rotatable bonds is 6. The van der Waals surface area contributed by atoms with Crippen LogP contribution in [0.1, 0.15) is 11.4 Å². The average Bonchev–Trinajstić information content (AvgIpc) is 3.20. The largest absolute Gasteiger partial charge is 0.367 e. The lowest BCUT2D eigenvalue weighted by atomic mass is 10.2. The number of aromatic nitrogens is 4. The Morgan fingerprint density at radius 1 is 1.03 bits per heavy atom. The fourth-order valence-corrected chi connectivity index (χ4v) is 3.37. The first-order chi connectivity index (χ1) is 14.2. The van der Waals surface area contributed by atoms with Crippen LogP contribution in [-0.4, -0.2) is 63.1 Å². The summed E-state index contributed by atoms with van der Waals surface area (Å²) >= 11 is 0. The average molecular weight is 392 g/mol. The molecule has 1 fully saturated rings. The van der Waals surface area contributed by atoms with Crippen molar-refractivity contribution in [2.24, 2.45) is 0 Å². The number of aryl methyl sites for hydroxylation is 1. The standard InChI is InChI=1S/C21H24N6O2/c1-17-22-7-8-27(17)20-13-19(23-16-24-20)25-9-11-26(12-10-25)21(28)15-29-14-18-5-3-2-4-6-18/h2-8,13,16H,9-12,14-15H2,1H3. The first-order valence-corrected chi connectivity index (χ1v) is 9.67. The number of ether oxygens (including phenoxy) is 1. The highest BCUT2D eigenvalue weighted by atomic mass is 16.5. The fraction of sp³-hybridized carbons (Fsp3) is 0.333. The first-order valence-electron chi connectivity index (χ1n) is 9.67. The van der Waals surface area contributed by atoms with Gasteiger partial charge in [0.05, 0.1) is 6.61 Å². The van der Waals surface area contributed by atoms with E-state index < -0.39 is 0 Å². The highest BCUT2D eigenvalue weighted by Crippen LogP contribution is 2.17. The van der Waals surface area contributed by atoms with Gasteiger partial charge in [0.1, 0.15) is 30.4 Å². The first kappa shape index (κ1) is 19.1. The summed E-state index contributed by atoms with van der Waals surface area (Å²) in [6.45, 7) is 5.24. The number of benzene rings is 1. The van der Waals surface area contributed by atoms with E-state index in [1.807, 2.05) is 59.0 Å². The van der Waals surface area contributed by atoms with E-state index in [0.29, 0.717) is 19.7 Å². The molecule has 3 aromatic rings. The zero-order valence-electron chi connectivity index (χ0n) is 16.4. The molecule has 29 heavy (non-hydrogen) atoms. The van der Waals surface area contributed by atoms with Crippen molar-refractivity contribution >= 4 is 11.7 Å². The minimum absolute atomic E-state index is 0.0259. The molecular formula is C21H24N6O2. The predicted molar refractivity (Wildman–Crippen MR) is 109 cm³/mol. The smallest absolute Gasteiger partial charge is 0.248 e. The molecule has 0 saturated carbocycles. The minimum Gasteiger partial charge on any atom is -0.367 e. The number of carbonyl (C=O) groups is 1. The molecule has 8 nitrogen and oxygen atoms in total. The molecule has 1 saturated heterocycles. The van der Waals surface area contributed by atoms with Crippen LogP contribution in [0.5, 0.6) is 0 Å². The molecular weight excluding hydrogens is 368 g/mol. The predicted octanol–water partition coefficient (Wildman–Crippen LogP) is 1.84. The number of imidazole rings is 1. The Morgan fingerprint density at radius 2 is 1.79 bits per heavy atom. The monoisotopic (exact) mass is 392 g/mol. The second kappa shape index (κ2) is 8.83. The van der Waals surface area contributed by atoms with Crippen molar-refractivity contribution in [1.82, 2.24) is 24.4 Å². The summed E-state index contributed by atoms with van der Waals surface area (Å²) in [5, 5.41) is 0. The second-order valence-electron chi connectivity index (χ2n) is 6.93. The molecule has 0 unspecified atom stereocenters. The second-order valence-corrected chi connectivity index (χ2v) is 6.93. The quantitative estimate of drug-likeness (QED) is 0.637. The maximum Gasteiger partial charge on any atom is 0.248 e. The zero-order valence-corrected chi connectivity index (χ0v) is 16.4. The summed E-state index contributed by atoms with van der Waals surface area (Å²) in [6, 6.07) is 11.8. The molecule has 1 amide bonds. The third kappa shape index (κ3) is 4.60. The number of amides is 1. The van der Waals surface area contributed by atoms with Crippen LogP contribution in [0.2, 0.25) is 0 Å². The summed E-state index contributed by atoms with van der Waals surface area (Å²) in [5.74, 6) is 2.55. The van der Waals surface area contributed by atoms with E-state index in [2.05, 4.69) is 19.9 Å². The number of hydrogen-bond acceptors (Lipinski definition) is 6. The Bertz CT molecular complexity index is 951. The molecule has 0 bridgehead atoms. The van der Waals surface area contributed by atoms with E-state index in [1.165, 1.54) is 0 Å². The molecule has 3 heterocycles. The van der Waals surface area contributed by atoms with Crippen molar-refractivity contribution in [3.05, 3.63) is 66.5 Å². The summed E-state index contributed by atoms with van der Waals surface area (Å²) in [5.41, 5.74) is 1.07. The van der Waals surface area contributed by atoms with Gasteiger partial charge in [0.25, 0.3) is 0 Å². The molecule has 8 heteroatoms. The number of anilines is 1. The zero-order chi connectivity index (χ0) is 20.1. The van der Waals surface area contributed by atoms with E-state index in [1.54, 1.807) is 12.5 Å². The van der Waals surface area contributed by atoms with Gasteiger partial charge in [0.15, 0.2) is 0 Å². The fourth-order valence-electron chi connectivity index (χ4n) is 3.37. The van der Waals surface area contributed by atoms with Gasteiger partial charge >= 0.3 is 0 Å². The number of nitrogens with zero attached hydrogens (tertiary/aromatic N) is 6. The van der Waals surface area contributed by atoms with Gasteiger partial charge in [0.2, 0.25) is 5.91 Å². The maximum absolute atomic E-state index is 12.4. The maximum atomic E-state index is 12.4. The lowest BCUT2D eigenvalue weighted by Gasteiger charge is -2.35. The summed E-state index contributed by atoms with van der Waals surface area (Å²) < 4.78 is 7.51. The number of hydrogen-bond donors (Lipinski definition) is 0. The highest BCUT2D eigenvalue weighted by Gasteiger charge is 2.22. The number of piperazine rings is 1. The molecule has 2 aromatic heterocycles. The van der Waals surface area contributed by atoms with Gasteiger partial charge in [-0.15, -0.1) is 0 Å². The van der Waals surface area contributed by atoms with Crippen LogP contribution < -0.4 is 4.90 Å². The van der Waals surface area contributed by atoms with Crippen molar-refractivity contribution in [2.75, 3.05) is 37.7 Å². The number of carbonyl (C=O) groups excluding carboxylic acids is 1. The molecule has 150 valence electrons. The molecule has 0 spiro atoms. The van der Waals surface area contributed by atoms with Crippen molar-refractivity contribution in [1.29, 1.82) is 0 Å². The molecule has 0 atom stereocenters. The van der Waals surface area contributed by atoms with E-state index in [-0.39, 0.29) is 12.5 Å². The van der Waals surface area contributed by atoms with Crippen LogP contribution in [0.4, 0.5) is 5.82 Å².